The van der Waals surface area contributed by atoms with Crippen LogP contribution in [0.1, 0.15) is 56.0 Å². The first-order valence-electron chi connectivity index (χ1n) is 18.0. The number of ether oxygens (including phenoxy) is 3. The number of thiophene rings is 1. The molecule has 1 heterocycles. The van der Waals surface area contributed by atoms with Gasteiger partial charge in [0.25, 0.3) is 10.1 Å². The maximum Gasteiger partial charge on any atom is 0.265 e. The highest BCUT2D eigenvalue weighted by Gasteiger charge is 2.20. The lowest BCUT2D eigenvalue weighted by atomic mass is 10.1. The highest BCUT2D eigenvalue weighted by molar-refractivity contribution is 7.85. The smallest absolute Gasteiger partial charge is 0.265 e. The van der Waals surface area contributed by atoms with Gasteiger partial charge in [0.15, 0.2) is 0 Å². The van der Waals surface area contributed by atoms with Gasteiger partial charge in [-0.15, -0.1) is 11.3 Å². The van der Waals surface area contributed by atoms with Gasteiger partial charge in [0, 0.05) is 25.2 Å². The summed E-state index contributed by atoms with van der Waals surface area (Å²) in [6.45, 7) is 24.4. The Kier molecular flexibility index (Phi) is 18.8. The van der Waals surface area contributed by atoms with Crippen molar-refractivity contribution >= 4 is 43.5 Å². The van der Waals surface area contributed by atoms with E-state index in [-0.39, 0.29) is 18.0 Å². The van der Waals surface area contributed by atoms with Crippen LogP contribution in [0, 0.1) is 31.8 Å². The maximum absolute atomic E-state index is 11.0. The van der Waals surface area contributed by atoms with Gasteiger partial charge >= 0.3 is 0 Å². The lowest BCUT2D eigenvalue weighted by Gasteiger charge is -2.32. The van der Waals surface area contributed by atoms with Crippen molar-refractivity contribution in [2.45, 2.75) is 66.1 Å². The number of nitriles is 1. The first-order chi connectivity index (χ1) is 24.4. The van der Waals surface area contributed by atoms with Gasteiger partial charge in [-0.1, -0.05) is 13.3 Å². The maximum atomic E-state index is 11.0. The molecule has 2 aromatic rings. The van der Waals surface area contributed by atoms with Gasteiger partial charge in [0.05, 0.1) is 103 Å². The van der Waals surface area contributed by atoms with Crippen LogP contribution >= 0.6 is 11.3 Å². The Bertz CT molecular complexity index is 1630. The van der Waals surface area contributed by atoms with Gasteiger partial charge in [-0.2, -0.15) is 23.9 Å². The molecule has 2 atom stereocenters. The molecule has 1 aromatic carbocycles. The third-order valence-electron chi connectivity index (χ3n) is 8.91. The van der Waals surface area contributed by atoms with Crippen LogP contribution < -0.4 is 4.90 Å². The quantitative estimate of drug-likeness (QED) is 0.0373. The number of anilines is 1. The summed E-state index contributed by atoms with van der Waals surface area (Å²) in [6, 6.07) is 8.15. The van der Waals surface area contributed by atoms with Gasteiger partial charge in [-0.25, -0.2) is 4.85 Å². The van der Waals surface area contributed by atoms with Crippen LogP contribution in [0.15, 0.2) is 28.4 Å². The van der Waals surface area contributed by atoms with Crippen molar-refractivity contribution in [2.75, 3.05) is 105 Å². The van der Waals surface area contributed by atoms with E-state index in [9.17, 15) is 13.7 Å². The number of likely N-dealkylation sites (N-methyl/N-ethyl adjacent to an activating group) is 2. The fourth-order valence-electron chi connectivity index (χ4n) is 5.56. The number of azo groups is 1. The second kappa shape index (κ2) is 21.6. The predicted octanol–water partition coefficient (Wildman–Crippen LogP) is 7.07. The average Bonchev–Trinajstić information content (AvgIpc) is 3.37. The molecule has 2 rings (SSSR count). The third kappa shape index (κ3) is 16.8. The molecule has 0 saturated carbocycles. The van der Waals surface area contributed by atoms with Crippen LogP contribution in [0.25, 0.3) is 4.85 Å². The zero-order chi connectivity index (χ0) is 39.0. The minimum atomic E-state index is -3.95. The summed E-state index contributed by atoms with van der Waals surface area (Å²) in [4.78, 5) is 6.31. The highest BCUT2D eigenvalue weighted by Crippen LogP contribution is 2.42. The molecular formula is C37H61N7O6S2+2. The molecule has 2 unspecified atom stereocenters. The van der Waals surface area contributed by atoms with Crippen molar-refractivity contribution in [3.8, 4) is 6.07 Å². The molecule has 0 radical (unpaired) electrons. The molecule has 0 spiro atoms. The van der Waals surface area contributed by atoms with Gasteiger partial charge < -0.3 is 28.1 Å². The molecular weight excluding hydrogens is 703 g/mol. The molecule has 0 bridgehead atoms. The Morgan fingerprint density at radius 3 is 2.15 bits per heavy atom. The third-order valence-corrected chi connectivity index (χ3v) is 10.8. The number of nitrogens with zero attached hydrogens (tertiary/aromatic N) is 7. The van der Waals surface area contributed by atoms with Crippen molar-refractivity contribution in [3.63, 3.8) is 0 Å². The number of quaternary nitrogens is 2. The number of hydrogen-bond donors (Lipinski definition) is 1. The van der Waals surface area contributed by atoms with E-state index in [0.717, 1.165) is 28.8 Å². The number of hydrogen-bond acceptors (Lipinski definition) is 10. The van der Waals surface area contributed by atoms with E-state index < -0.39 is 10.1 Å². The molecule has 0 aliphatic rings. The van der Waals surface area contributed by atoms with Crippen molar-refractivity contribution in [1.29, 1.82) is 5.26 Å². The average molecular weight is 764 g/mol. The second-order valence-corrected chi connectivity index (χ2v) is 17.3. The first kappa shape index (κ1) is 45.2. The zero-order valence-corrected chi connectivity index (χ0v) is 34.4. The van der Waals surface area contributed by atoms with Crippen LogP contribution in [-0.2, 0) is 24.3 Å². The van der Waals surface area contributed by atoms with Crippen molar-refractivity contribution in [3.05, 3.63) is 45.6 Å². The lowest BCUT2D eigenvalue weighted by molar-refractivity contribution is -0.891. The minimum Gasteiger partial charge on any atom is -0.374 e. The normalized spacial score (nSPS) is 13.6. The minimum absolute atomic E-state index is 0.0243. The highest BCUT2D eigenvalue weighted by atomic mass is 32.2. The molecule has 1 N–H and O–H groups in total. The summed E-state index contributed by atoms with van der Waals surface area (Å²) < 4.78 is 50.9. The van der Waals surface area contributed by atoms with Crippen molar-refractivity contribution in [2.24, 2.45) is 10.2 Å². The first-order valence-corrected chi connectivity index (χ1v) is 20.4. The number of unbranched alkanes of at least 4 members (excludes halogenated alkanes) is 1. The van der Waals surface area contributed by atoms with Gasteiger partial charge in [0.1, 0.15) is 24.2 Å². The summed E-state index contributed by atoms with van der Waals surface area (Å²) in [5, 5.41) is 18.6. The molecule has 52 heavy (non-hydrogen) atoms. The molecule has 290 valence electrons. The molecule has 0 aliphatic heterocycles. The molecule has 13 nitrogen and oxygen atoms in total. The van der Waals surface area contributed by atoms with Crippen LogP contribution in [0.5, 0.6) is 0 Å². The van der Waals surface area contributed by atoms with E-state index in [1.54, 1.807) is 6.92 Å². The van der Waals surface area contributed by atoms with E-state index in [1.165, 1.54) is 24.2 Å². The van der Waals surface area contributed by atoms with Gasteiger partial charge in [-0.05, 0) is 63.4 Å². The van der Waals surface area contributed by atoms with Crippen LogP contribution in [-0.4, -0.2) is 134 Å². The van der Waals surface area contributed by atoms with Crippen LogP contribution in [0.4, 0.5) is 22.1 Å². The molecule has 0 fully saturated rings. The largest absolute Gasteiger partial charge is 0.374 e. The summed E-state index contributed by atoms with van der Waals surface area (Å²) >= 11 is 1.18. The number of benzene rings is 1. The summed E-state index contributed by atoms with van der Waals surface area (Å²) in [7, 11) is 4.57. The summed E-state index contributed by atoms with van der Waals surface area (Å²) in [6.07, 6.45) is 2.63. The van der Waals surface area contributed by atoms with Gasteiger partial charge in [0.2, 0.25) is 5.69 Å². The van der Waals surface area contributed by atoms with E-state index in [4.69, 9.17) is 25.3 Å². The Hall–Kier alpha value is -2.99. The monoisotopic (exact) mass is 763 g/mol. The van der Waals surface area contributed by atoms with Gasteiger partial charge in [-0.3, -0.25) is 4.55 Å². The summed E-state index contributed by atoms with van der Waals surface area (Å²) in [5.74, 6) is -0.236. The summed E-state index contributed by atoms with van der Waals surface area (Å²) in [5.41, 5.74) is 3.61. The number of aryl methyl sites for hydroxylation is 1. The van der Waals surface area contributed by atoms with Crippen LogP contribution in [0.3, 0.4) is 0 Å². The molecule has 0 amide bonds. The number of rotatable bonds is 25. The predicted molar refractivity (Wildman–Crippen MR) is 209 cm³/mol. The Morgan fingerprint density at radius 1 is 0.962 bits per heavy atom. The van der Waals surface area contributed by atoms with E-state index in [2.05, 4.69) is 60.1 Å². The van der Waals surface area contributed by atoms with Crippen molar-refractivity contribution in [1.82, 2.24) is 0 Å². The van der Waals surface area contributed by atoms with E-state index >= 15 is 0 Å². The fraction of sp³-hybridized carbons (Fsp3) is 0.676. The SMILES string of the molecule is [C-]#[N+]c1c(/N=N/c2ccc(N(CC(C)OCCOCC[N+](C)(C)CCCS(=O)(=O)O)CC(C)OCC[N+](C)(C)CCCC)cc2C)sc(C#N)c1C. The fourth-order valence-corrected chi connectivity index (χ4v) is 6.92. The lowest BCUT2D eigenvalue weighted by Crippen LogP contribution is -2.44. The molecule has 1 aromatic heterocycles. The topological polar surface area (TPSA) is 138 Å². The molecule has 0 aliphatic carbocycles. The second-order valence-electron chi connectivity index (χ2n) is 14.7. The van der Waals surface area contributed by atoms with Crippen molar-refractivity contribution < 1.29 is 36.1 Å². The van der Waals surface area contributed by atoms with Crippen LogP contribution in [0.2, 0.25) is 0 Å². The zero-order valence-electron chi connectivity index (χ0n) is 32.7. The van der Waals surface area contributed by atoms with E-state index in [1.807, 2.05) is 40.1 Å². The Morgan fingerprint density at radius 2 is 1.58 bits per heavy atom. The standard InChI is InChI=1S/C37H60N7O6S2/c1-11-12-16-43(7,8)19-21-49-30(3)27-42(28-31(4)50-23-22-48-20-18-44(9,10)17-13-24-52(45,46)47)33-14-15-34(29(2)25-33)40-41-37-36(39-6)32(5)35(26-38)51-37/h14-15,25,30-31H,11-13,16-24,27-28H2,1-5,7-10H3/q+1/p+1/b41-40+. The Labute approximate surface area is 316 Å². The van der Waals surface area contributed by atoms with E-state index in [0.29, 0.717) is 90.3 Å². The Balaban J connectivity index is 2.06. The molecule has 15 heteroatoms. The molecule has 0 saturated heterocycles.